The summed E-state index contributed by atoms with van der Waals surface area (Å²) in [5, 5.41) is 6.00. The van der Waals surface area contributed by atoms with Crippen molar-refractivity contribution in [2.45, 2.75) is 25.9 Å². The average molecular weight is 437 g/mol. The van der Waals surface area contributed by atoms with Gasteiger partial charge in [-0.3, -0.25) is 9.78 Å². The van der Waals surface area contributed by atoms with Crippen LogP contribution < -0.4 is 15.4 Å². The van der Waals surface area contributed by atoms with Crippen LogP contribution in [0.2, 0.25) is 0 Å². The second kappa shape index (κ2) is 9.69. The Labute approximate surface area is 185 Å². The summed E-state index contributed by atoms with van der Waals surface area (Å²) in [5.74, 6) is 0.147. The van der Waals surface area contributed by atoms with Crippen LogP contribution in [0.3, 0.4) is 0 Å². The third-order valence-electron chi connectivity index (χ3n) is 5.17. The number of benzene rings is 1. The average Bonchev–Trinajstić information content (AvgIpc) is 3.33. The first-order valence-electron chi connectivity index (χ1n) is 10.3. The van der Waals surface area contributed by atoms with Crippen molar-refractivity contribution in [3.63, 3.8) is 0 Å². The van der Waals surface area contributed by atoms with Crippen LogP contribution in [-0.2, 0) is 4.74 Å². The van der Waals surface area contributed by atoms with Gasteiger partial charge in [0.15, 0.2) is 17.4 Å². The molecule has 0 radical (unpaired) electrons. The number of hydrogen-bond donors (Lipinski definition) is 2. The molecule has 166 valence electrons. The van der Waals surface area contributed by atoms with Gasteiger partial charge in [-0.25, -0.2) is 14.4 Å². The Balaban J connectivity index is 1.61. The van der Waals surface area contributed by atoms with E-state index in [0.29, 0.717) is 29.4 Å². The summed E-state index contributed by atoms with van der Waals surface area (Å²) in [6.45, 7) is 3.02. The van der Waals surface area contributed by atoms with E-state index in [1.807, 2.05) is 6.92 Å². The number of amides is 1. The van der Waals surface area contributed by atoms with E-state index < -0.39 is 5.82 Å². The highest BCUT2D eigenvalue weighted by atomic mass is 19.1. The van der Waals surface area contributed by atoms with Crippen molar-refractivity contribution in [3.8, 4) is 17.1 Å². The second-order valence-electron chi connectivity index (χ2n) is 7.49. The fourth-order valence-corrected chi connectivity index (χ4v) is 3.47. The summed E-state index contributed by atoms with van der Waals surface area (Å²) in [6.07, 6.45) is 6.45. The molecule has 4 rings (SSSR count). The predicted molar refractivity (Wildman–Crippen MR) is 118 cm³/mol. The zero-order chi connectivity index (χ0) is 22.5. The lowest BCUT2D eigenvalue weighted by Gasteiger charge is -2.15. The Bertz CT molecular complexity index is 1120. The number of nitrogens with one attached hydrogen (secondary N) is 2. The summed E-state index contributed by atoms with van der Waals surface area (Å²) in [7, 11) is 1.48. The predicted octanol–water partition coefficient (Wildman–Crippen LogP) is 3.65. The second-order valence-corrected chi connectivity index (χ2v) is 7.49. The normalized spacial score (nSPS) is 15.4. The molecule has 3 heterocycles. The van der Waals surface area contributed by atoms with E-state index in [4.69, 9.17) is 9.47 Å². The smallest absolute Gasteiger partial charge is 0.255 e. The van der Waals surface area contributed by atoms with E-state index in [1.165, 1.54) is 25.6 Å². The summed E-state index contributed by atoms with van der Waals surface area (Å²) >= 11 is 0. The van der Waals surface area contributed by atoms with Gasteiger partial charge in [0.25, 0.3) is 5.91 Å². The molecule has 1 amide bonds. The molecule has 0 bridgehead atoms. The largest absolute Gasteiger partial charge is 0.491 e. The number of ether oxygens (including phenoxy) is 2. The number of aromatic nitrogens is 3. The molecule has 0 unspecified atom stereocenters. The fraction of sp³-hybridized carbons (Fsp3) is 0.304. The van der Waals surface area contributed by atoms with Crippen LogP contribution in [0.25, 0.3) is 11.4 Å². The van der Waals surface area contributed by atoms with Crippen LogP contribution in [0.4, 0.5) is 15.9 Å². The standard InChI is InChI=1S/C23H24FN5O3/c1-14-5-6-18(24)16(10-14)21-26-13-20(31-2)22(29-21)28-19-7-8-25-12-17(19)23(30)27-11-15-4-3-9-32-15/h5-8,10,12-13,15H,3-4,9,11H2,1-2H3,(H,27,30)(H,25,26,28,29)/t15-/m1/s1. The summed E-state index contributed by atoms with van der Waals surface area (Å²) in [6, 6.07) is 6.40. The van der Waals surface area contributed by atoms with Crippen molar-refractivity contribution < 1.29 is 18.7 Å². The third kappa shape index (κ3) is 4.83. The Morgan fingerprint density at radius 1 is 1.31 bits per heavy atom. The number of rotatable bonds is 7. The zero-order valence-electron chi connectivity index (χ0n) is 17.9. The molecule has 2 N–H and O–H groups in total. The maximum Gasteiger partial charge on any atom is 0.255 e. The van der Waals surface area contributed by atoms with Gasteiger partial charge >= 0.3 is 0 Å². The van der Waals surface area contributed by atoms with Crippen molar-refractivity contribution in [3.05, 3.63) is 59.8 Å². The monoisotopic (exact) mass is 437 g/mol. The summed E-state index contributed by atoms with van der Waals surface area (Å²) in [4.78, 5) is 25.5. The minimum Gasteiger partial charge on any atom is -0.491 e. The number of hydrogen-bond acceptors (Lipinski definition) is 7. The molecule has 3 aromatic rings. The topological polar surface area (TPSA) is 98.3 Å². The number of anilines is 2. The minimum absolute atomic E-state index is 0.0285. The summed E-state index contributed by atoms with van der Waals surface area (Å²) in [5.41, 5.74) is 1.99. The fourth-order valence-electron chi connectivity index (χ4n) is 3.47. The minimum atomic E-state index is -0.426. The maximum atomic E-state index is 14.4. The van der Waals surface area contributed by atoms with Gasteiger partial charge in [0.1, 0.15) is 5.82 Å². The van der Waals surface area contributed by atoms with Crippen molar-refractivity contribution in [1.82, 2.24) is 20.3 Å². The van der Waals surface area contributed by atoms with E-state index in [0.717, 1.165) is 25.0 Å². The van der Waals surface area contributed by atoms with Gasteiger partial charge < -0.3 is 20.1 Å². The third-order valence-corrected chi connectivity index (χ3v) is 5.17. The van der Waals surface area contributed by atoms with Gasteiger partial charge in [-0.1, -0.05) is 11.6 Å². The first kappa shape index (κ1) is 21.6. The molecular formula is C23H24FN5O3. The molecule has 9 heteroatoms. The Morgan fingerprint density at radius 3 is 2.97 bits per heavy atom. The molecule has 1 aromatic carbocycles. The lowest BCUT2D eigenvalue weighted by Crippen LogP contribution is -2.32. The number of carbonyl (C=O) groups excluding carboxylic acids is 1. The van der Waals surface area contributed by atoms with Crippen molar-refractivity contribution in [2.24, 2.45) is 0 Å². The molecule has 2 aromatic heterocycles. The Kier molecular flexibility index (Phi) is 6.55. The molecule has 1 aliphatic rings. The lowest BCUT2D eigenvalue weighted by atomic mass is 10.1. The SMILES string of the molecule is COc1cnc(-c2cc(C)ccc2F)nc1Nc1ccncc1C(=O)NC[C@H]1CCCO1. The van der Waals surface area contributed by atoms with E-state index in [2.05, 4.69) is 25.6 Å². The Hall–Kier alpha value is -3.59. The molecule has 8 nitrogen and oxygen atoms in total. The van der Waals surface area contributed by atoms with Crippen LogP contribution in [0.5, 0.6) is 5.75 Å². The molecule has 0 saturated carbocycles. The maximum absolute atomic E-state index is 14.4. The molecule has 0 aliphatic carbocycles. The van der Waals surface area contributed by atoms with Gasteiger partial charge in [-0.05, 0) is 38.0 Å². The molecule has 1 atom stereocenters. The molecule has 1 saturated heterocycles. The van der Waals surface area contributed by atoms with Gasteiger partial charge in [0.2, 0.25) is 0 Å². The number of methoxy groups -OCH3 is 1. The van der Waals surface area contributed by atoms with Gasteiger partial charge in [0, 0.05) is 25.5 Å². The van der Waals surface area contributed by atoms with Gasteiger partial charge in [-0.2, -0.15) is 0 Å². The Morgan fingerprint density at radius 2 is 2.19 bits per heavy atom. The van der Waals surface area contributed by atoms with Crippen LogP contribution in [0, 0.1) is 12.7 Å². The van der Waals surface area contributed by atoms with Gasteiger partial charge in [-0.15, -0.1) is 0 Å². The number of halogens is 1. The van der Waals surface area contributed by atoms with E-state index in [1.54, 1.807) is 24.4 Å². The first-order valence-corrected chi connectivity index (χ1v) is 10.3. The van der Waals surface area contributed by atoms with Crippen LogP contribution >= 0.6 is 0 Å². The molecule has 1 aliphatic heterocycles. The van der Waals surface area contributed by atoms with Crippen molar-refractivity contribution >= 4 is 17.4 Å². The molecule has 1 fully saturated rings. The highest BCUT2D eigenvalue weighted by Gasteiger charge is 2.19. The number of pyridine rings is 1. The van der Waals surface area contributed by atoms with Crippen LogP contribution in [-0.4, -0.2) is 47.2 Å². The highest BCUT2D eigenvalue weighted by Crippen LogP contribution is 2.30. The van der Waals surface area contributed by atoms with Crippen molar-refractivity contribution in [1.29, 1.82) is 0 Å². The van der Waals surface area contributed by atoms with Crippen LogP contribution in [0.15, 0.2) is 42.9 Å². The van der Waals surface area contributed by atoms with Gasteiger partial charge in [0.05, 0.1) is 36.2 Å². The summed E-state index contributed by atoms with van der Waals surface area (Å²) < 4.78 is 25.3. The number of nitrogens with zero attached hydrogens (tertiary/aromatic N) is 3. The molecule has 0 spiro atoms. The number of carbonyl (C=O) groups is 1. The quantitative estimate of drug-likeness (QED) is 0.582. The number of aryl methyl sites for hydroxylation is 1. The lowest BCUT2D eigenvalue weighted by molar-refractivity contribution is 0.0858. The highest BCUT2D eigenvalue weighted by molar-refractivity contribution is 6.00. The van der Waals surface area contributed by atoms with E-state index >= 15 is 0 Å². The van der Waals surface area contributed by atoms with E-state index in [-0.39, 0.29) is 23.4 Å². The molecule has 32 heavy (non-hydrogen) atoms. The van der Waals surface area contributed by atoms with E-state index in [9.17, 15) is 9.18 Å². The first-order chi connectivity index (χ1) is 15.5. The molecular weight excluding hydrogens is 413 g/mol. The zero-order valence-corrected chi connectivity index (χ0v) is 17.9. The van der Waals surface area contributed by atoms with Crippen molar-refractivity contribution in [2.75, 3.05) is 25.6 Å². The van der Waals surface area contributed by atoms with Crippen LogP contribution in [0.1, 0.15) is 28.8 Å².